The molecule has 1 amide bonds. The second kappa shape index (κ2) is 5.66. The van der Waals surface area contributed by atoms with Crippen LogP contribution in [0.5, 0.6) is 0 Å². The van der Waals surface area contributed by atoms with Gasteiger partial charge < -0.3 is 4.74 Å². The molecule has 1 aromatic rings. The maximum atomic E-state index is 12.4. The standard InChI is InChI=1S/C16H18F3NO2/c1-15(2,3)22-14(21)20-12(8-9-16(17,18)19)10-11-6-4-5-7-13(11)20/h4-9,12H,10H2,1-3H3/b9-8+. The third-order valence-corrected chi connectivity index (χ3v) is 3.11. The minimum atomic E-state index is -4.41. The van der Waals surface area contributed by atoms with Gasteiger partial charge in [-0.25, -0.2) is 4.79 Å². The lowest BCUT2D eigenvalue weighted by Gasteiger charge is -2.28. The lowest BCUT2D eigenvalue weighted by atomic mass is 10.1. The number of hydrogen-bond acceptors (Lipinski definition) is 2. The van der Waals surface area contributed by atoms with E-state index in [1.54, 1.807) is 45.0 Å². The van der Waals surface area contributed by atoms with E-state index in [9.17, 15) is 18.0 Å². The van der Waals surface area contributed by atoms with E-state index < -0.39 is 23.9 Å². The molecule has 1 heterocycles. The molecule has 0 aliphatic carbocycles. The number of carbonyl (C=O) groups is 1. The zero-order valence-electron chi connectivity index (χ0n) is 12.6. The lowest BCUT2D eigenvalue weighted by molar-refractivity contribution is -0.0801. The molecule has 1 aromatic carbocycles. The number of ether oxygens (including phenoxy) is 1. The third-order valence-electron chi connectivity index (χ3n) is 3.11. The van der Waals surface area contributed by atoms with Gasteiger partial charge in [-0.1, -0.05) is 24.3 Å². The van der Waals surface area contributed by atoms with Crippen LogP contribution >= 0.6 is 0 Å². The predicted molar refractivity (Wildman–Crippen MR) is 77.8 cm³/mol. The number of carbonyl (C=O) groups excluding carboxylic acids is 1. The Morgan fingerprint density at radius 3 is 2.50 bits per heavy atom. The molecule has 0 N–H and O–H groups in total. The van der Waals surface area contributed by atoms with Gasteiger partial charge in [-0.3, -0.25) is 4.90 Å². The number of anilines is 1. The van der Waals surface area contributed by atoms with E-state index in [0.717, 1.165) is 11.6 Å². The summed E-state index contributed by atoms with van der Waals surface area (Å²) in [7, 11) is 0. The second-order valence-electron chi connectivity index (χ2n) is 6.15. The van der Waals surface area contributed by atoms with Gasteiger partial charge in [-0.15, -0.1) is 0 Å². The van der Waals surface area contributed by atoms with Crippen LogP contribution in [0.1, 0.15) is 26.3 Å². The zero-order valence-corrected chi connectivity index (χ0v) is 12.6. The fraction of sp³-hybridized carbons (Fsp3) is 0.438. The van der Waals surface area contributed by atoms with Crippen LogP contribution in [0.2, 0.25) is 0 Å². The van der Waals surface area contributed by atoms with E-state index in [4.69, 9.17) is 4.74 Å². The lowest BCUT2D eigenvalue weighted by Crippen LogP contribution is -2.40. The Kier molecular flexibility index (Phi) is 4.22. The summed E-state index contributed by atoms with van der Waals surface area (Å²) in [5.41, 5.74) is 0.700. The fourth-order valence-electron chi connectivity index (χ4n) is 2.33. The van der Waals surface area contributed by atoms with Gasteiger partial charge in [0, 0.05) is 6.08 Å². The molecule has 1 unspecified atom stereocenters. The van der Waals surface area contributed by atoms with Crippen LogP contribution < -0.4 is 4.90 Å². The Bertz CT molecular complexity index is 588. The number of allylic oxidation sites excluding steroid dienone is 1. The molecule has 1 aliphatic rings. The first kappa shape index (κ1) is 16.4. The van der Waals surface area contributed by atoms with Crippen LogP contribution in [-0.2, 0) is 11.2 Å². The van der Waals surface area contributed by atoms with Crippen molar-refractivity contribution in [2.45, 2.75) is 45.0 Å². The number of benzene rings is 1. The first-order valence-electron chi connectivity index (χ1n) is 6.93. The van der Waals surface area contributed by atoms with Crippen molar-refractivity contribution in [2.24, 2.45) is 0 Å². The number of rotatable bonds is 1. The number of para-hydroxylation sites is 1. The molecule has 6 heteroatoms. The van der Waals surface area contributed by atoms with Crippen LogP contribution in [0.3, 0.4) is 0 Å². The Hall–Kier alpha value is -1.98. The summed E-state index contributed by atoms with van der Waals surface area (Å²) in [6, 6.07) is 6.34. The Labute approximate surface area is 127 Å². The highest BCUT2D eigenvalue weighted by Gasteiger charge is 2.36. The van der Waals surface area contributed by atoms with Gasteiger partial charge >= 0.3 is 12.3 Å². The van der Waals surface area contributed by atoms with Crippen LogP contribution in [-0.4, -0.2) is 23.9 Å². The largest absolute Gasteiger partial charge is 0.443 e. The Morgan fingerprint density at radius 2 is 1.91 bits per heavy atom. The summed E-state index contributed by atoms with van der Waals surface area (Å²) in [6.07, 6.45) is -3.55. The van der Waals surface area contributed by atoms with Crippen molar-refractivity contribution >= 4 is 11.8 Å². The Balaban J connectivity index is 2.31. The molecule has 0 radical (unpaired) electrons. The van der Waals surface area contributed by atoms with Crippen LogP contribution in [0.4, 0.5) is 23.7 Å². The van der Waals surface area contributed by atoms with Crippen molar-refractivity contribution in [2.75, 3.05) is 4.90 Å². The zero-order chi connectivity index (χ0) is 16.5. The summed E-state index contributed by atoms with van der Waals surface area (Å²) in [5.74, 6) is 0. The van der Waals surface area contributed by atoms with Crippen molar-refractivity contribution in [3.8, 4) is 0 Å². The highest BCUT2D eigenvalue weighted by atomic mass is 19.4. The highest BCUT2D eigenvalue weighted by Crippen LogP contribution is 2.34. The summed E-state index contributed by atoms with van der Waals surface area (Å²) in [4.78, 5) is 13.6. The molecule has 0 bridgehead atoms. The smallest absolute Gasteiger partial charge is 0.415 e. The number of fused-ring (bicyclic) bond motifs is 1. The number of nitrogens with zero attached hydrogens (tertiary/aromatic N) is 1. The number of halogens is 3. The quantitative estimate of drug-likeness (QED) is 0.716. The fourth-order valence-corrected chi connectivity index (χ4v) is 2.33. The van der Waals surface area contributed by atoms with Gasteiger partial charge in [-0.2, -0.15) is 13.2 Å². The van der Waals surface area contributed by atoms with Crippen molar-refractivity contribution in [3.63, 3.8) is 0 Å². The molecular weight excluding hydrogens is 295 g/mol. The van der Waals surface area contributed by atoms with E-state index in [1.165, 1.54) is 4.90 Å². The minimum absolute atomic E-state index is 0.168. The number of hydrogen-bond donors (Lipinski definition) is 0. The van der Waals surface area contributed by atoms with Gasteiger partial charge in [0.2, 0.25) is 0 Å². The predicted octanol–water partition coefficient (Wildman–Crippen LogP) is 4.47. The monoisotopic (exact) mass is 313 g/mol. The SMILES string of the molecule is CC(C)(C)OC(=O)N1c2ccccc2CC1/C=C/C(F)(F)F. The average molecular weight is 313 g/mol. The topological polar surface area (TPSA) is 29.5 Å². The van der Waals surface area contributed by atoms with Crippen molar-refractivity contribution in [3.05, 3.63) is 42.0 Å². The molecule has 0 spiro atoms. The van der Waals surface area contributed by atoms with E-state index in [1.807, 2.05) is 0 Å². The third kappa shape index (κ3) is 4.02. The summed E-state index contributed by atoms with van der Waals surface area (Å²) in [5, 5.41) is 0. The molecule has 1 aliphatic heterocycles. The molecule has 120 valence electrons. The van der Waals surface area contributed by atoms with Gasteiger partial charge in [-0.05, 0) is 38.8 Å². The summed E-state index contributed by atoms with van der Waals surface area (Å²) >= 11 is 0. The first-order valence-corrected chi connectivity index (χ1v) is 6.93. The first-order chi connectivity index (χ1) is 10.1. The van der Waals surface area contributed by atoms with Crippen LogP contribution in [0.25, 0.3) is 0 Å². The molecule has 0 saturated heterocycles. The van der Waals surface area contributed by atoms with E-state index in [-0.39, 0.29) is 6.08 Å². The molecule has 0 fully saturated rings. The molecule has 0 aromatic heterocycles. The second-order valence-corrected chi connectivity index (χ2v) is 6.15. The van der Waals surface area contributed by atoms with Crippen molar-refractivity contribution < 1.29 is 22.7 Å². The number of alkyl halides is 3. The maximum absolute atomic E-state index is 12.4. The number of amides is 1. The Morgan fingerprint density at radius 1 is 1.27 bits per heavy atom. The summed E-state index contributed by atoms with van der Waals surface area (Å²) < 4.78 is 42.6. The van der Waals surface area contributed by atoms with Crippen molar-refractivity contribution in [1.29, 1.82) is 0 Å². The highest BCUT2D eigenvalue weighted by molar-refractivity contribution is 5.92. The average Bonchev–Trinajstić information content (AvgIpc) is 2.71. The molecule has 2 rings (SSSR count). The molecule has 22 heavy (non-hydrogen) atoms. The van der Waals surface area contributed by atoms with E-state index >= 15 is 0 Å². The van der Waals surface area contributed by atoms with E-state index in [0.29, 0.717) is 12.1 Å². The van der Waals surface area contributed by atoms with Gasteiger partial charge in [0.1, 0.15) is 5.60 Å². The molecule has 1 atom stereocenters. The molecular formula is C16H18F3NO2. The van der Waals surface area contributed by atoms with E-state index in [2.05, 4.69) is 0 Å². The molecule has 3 nitrogen and oxygen atoms in total. The molecule has 0 saturated carbocycles. The van der Waals surface area contributed by atoms with Gasteiger partial charge in [0.15, 0.2) is 0 Å². The van der Waals surface area contributed by atoms with Crippen molar-refractivity contribution in [1.82, 2.24) is 0 Å². The minimum Gasteiger partial charge on any atom is -0.443 e. The normalized spacial score (nSPS) is 18.6. The summed E-state index contributed by atoms with van der Waals surface area (Å²) in [6.45, 7) is 5.15. The van der Waals surface area contributed by atoms with Gasteiger partial charge in [0.05, 0.1) is 11.7 Å². The maximum Gasteiger partial charge on any atom is 0.415 e. The van der Waals surface area contributed by atoms with Crippen LogP contribution in [0.15, 0.2) is 36.4 Å². The van der Waals surface area contributed by atoms with Gasteiger partial charge in [0.25, 0.3) is 0 Å². The van der Waals surface area contributed by atoms with Crippen LogP contribution in [0, 0.1) is 0 Å².